The van der Waals surface area contributed by atoms with E-state index in [1.807, 2.05) is 0 Å². The number of nitrogens with two attached hydrogens (primary N) is 1. The van der Waals surface area contributed by atoms with Gasteiger partial charge < -0.3 is 20.9 Å². The van der Waals surface area contributed by atoms with Crippen LogP contribution in [0.1, 0.15) is 6.92 Å². The van der Waals surface area contributed by atoms with Crippen LogP contribution in [-0.4, -0.2) is 42.8 Å². The Morgan fingerprint density at radius 2 is 2.15 bits per heavy atom. The van der Waals surface area contributed by atoms with Crippen LogP contribution in [0.5, 0.6) is 0 Å². The molecule has 0 aliphatic carbocycles. The first kappa shape index (κ1) is 11.9. The molecule has 0 aliphatic heterocycles. The molecular formula is C7H14N2O4. The molecule has 1 amide bonds. The highest BCUT2D eigenvalue weighted by Crippen LogP contribution is 1.87. The minimum atomic E-state index is -1.14. The summed E-state index contributed by atoms with van der Waals surface area (Å²) >= 11 is 0. The second-order valence-electron chi connectivity index (χ2n) is 2.64. The average molecular weight is 190 g/mol. The average Bonchev–Trinajstić information content (AvgIpc) is 2.03. The van der Waals surface area contributed by atoms with Crippen LogP contribution in [-0.2, 0) is 14.3 Å². The molecule has 6 nitrogen and oxygen atoms in total. The lowest BCUT2D eigenvalue weighted by Gasteiger charge is -2.14. The van der Waals surface area contributed by atoms with Gasteiger partial charge >= 0.3 is 5.97 Å². The van der Waals surface area contributed by atoms with Crippen LogP contribution < -0.4 is 11.1 Å². The number of carboxylic acid groups (broad SMARTS) is 1. The largest absolute Gasteiger partial charge is 0.480 e. The molecule has 0 bridgehead atoms. The van der Waals surface area contributed by atoms with Crippen LogP contribution in [0.25, 0.3) is 0 Å². The molecular weight excluding hydrogens is 176 g/mol. The predicted molar refractivity (Wildman–Crippen MR) is 45.1 cm³/mol. The number of ether oxygens (including phenoxy) is 1. The Kier molecular flexibility index (Phi) is 5.01. The standard InChI is InChI=1S/C7H14N2O4/c1-4(8)6(10)9-5(3-13-2)7(11)12/h4-5H,3,8H2,1-2H3,(H,9,10)(H,11,12)/t4-,5?/m1/s1. The molecule has 4 N–H and O–H groups in total. The first-order valence-corrected chi connectivity index (χ1v) is 3.76. The maximum absolute atomic E-state index is 11.0. The minimum Gasteiger partial charge on any atom is -0.480 e. The van der Waals surface area contributed by atoms with Crippen molar-refractivity contribution in [1.29, 1.82) is 0 Å². The number of carbonyl (C=O) groups excluding carboxylic acids is 1. The molecule has 0 aliphatic rings. The van der Waals surface area contributed by atoms with Crippen molar-refractivity contribution < 1.29 is 19.4 Å². The van der Waals surface area contributed by atoms with E-state index in [2.05, 4.69) is 10.1 Å². The minimum absolute atomic E-state index is 0.0756. The van der Waals surface area contributed by atoms with E-state index in [0.29, 0.717) is 0 Å². The van der Waals surface area contributed by atoms with Crippen LogP contribution in [0.3, 0.4) is 0 Å². The Hall–Kier alpha value is -1.14. The van der Waals surface area contributed by atoms with Crippen LogP contribution in [0.4, 0.5) is 0 Å². The van der Waals surface area contributed by atoms with Crippen LogP contribution >= 0.6 is 0 Å². The van der Waals surface area contributed by atoms with Crippen molar-refractivity contribution in [2.24, 2.45) is 5.73 Å². The van der Waals surface area contributed by atoms with E-state index in [9.17, 15) is 9.59 Å². The Balaban J connectivity index is 4.10. The van der Waals surface area contributed by atoms with Crippen LogP contribution in [0.15, 0.2) is 0 Å². The van der Waals surface area contributed by atoms with Crippen molar-refractivity contribution in [3.05, 3.63) is 0 Å². The maximum Gasteiger partial charge on any atom is 0.328 e. The third-order valence-corrected chi connectivity index (χ3v) is 1.36. The van der Waals surface area contributed by atoms with Gasteiger partial charge in [-0.25, -0.2) is 4.79 Å². The quantitative estimate of drug-likeness (QED) is 0.492. The van der Waals surface area contributed by atoms with E-state index in [1.165, 1.54) is 14.0 Å². The molecule has 0 rings (SSSR count). The van der Waals surface area contributed by atoms with Gasteiger partial charge in [0.15, 0.2) is 6.04 Å². The number of hydrogen-bond donors (Lipinski definition) is 3. The summed E-state index contributed by atoms with van der Waals surface area (Å²) in [5.74, 6) is -1.65. The fourth-order valence-electron chi connectivity index (χ4n) is 0.645. The van der Waals surface area contributed by atoms with E-state index >= 15 is 0 Å². The topological polar surface area (TPSA) is 102 Å². The van der Waals surface area contributed by atoms with Crippen molar-refractivity contribution in [2.75, 3.05) is 13.7 Å². The lowest BCUT2D eigenvalue weighted by Crippen LogP contribution is -2.49. The zero-order valence-corrected chi connectivity index (χ0v) is 7.61. The summed E-state index contributed by atoms with van der Waals surface area (Å²) in [6, 6.07) is -1.76. The van der Waals surface area contributed by atoms with Gasteiger partial charge in [0.1, 0.15) is 0 Å². The Labute approximate surface area is 76.0 Å². The third-order valence-electron chi connectivity index (χ3n) is 1.36. The summed E-state index contributed by atoms with van der Waals surface area (Å²) in [6.45, 7) is 1.40. The second kappa shape index (κ2) is 5.50. The first-order chi connectivity index (χ1) is 5.99. The highest BCUT2D eigenvalue weighted by Gasteiger charge is 2.20. The highest BCUT2D eigenvalue weighted by molar-refractivity contribution is 5.86. The molecule has 0 aromatic carbocycles. The van der Waals surface area contributed by atoms with E-state index in [4.69, 9.17) is 10.8 Å². The number of amides is 1. The molecule has 6 heteroatoms. The van der Waals surface area contributed by atoms with Crippen molar-refractivity contribution in [3.63, 3.8) is 0 Å². The fourth-order valence-corrected chi connectivity index (χ4v) is 0.645. The molecule has 0 heterocycles. The number of hydrogen-bond acceptors (Lipinski definition) is 4. The maximum atomic E-state index is 11.0. The lowest BCUT2D eigenvalue weighted by atomic mass is 10.2. The molecule has 76 valence electrons. The molecule has 0 saturated carbocycles. The summed E-state index contributed by atoms with van der Waals surface area (Å²) in [7, 11) is 1.36. The van der Waals surface area contributed by atoms with Gasteiger partial charge in [-0.15, -0.1) is 0 Å². The van der Waals surface area contributed by atoms with E-state index in [1.54, 1.807) is 0 Å². The van der Waals surface area contributed by atoms with Crippen molar-refractivity contribution >= 4 is 11.9 Å². The normalized spacial score (nSPS) is 14.7. The zero-order chi connectivity index (χ0) is 10.4. The number of carboxylic acids is 1. The molecule has 0 aromatic rings. The summed E-state index contributed by atoms with van der Waals surface area (Å²) in [6.07, 6.45) is 0. The number of rotatable bonds is 5. The zero-order valence-electron chi connectivity index (χ0n) is 7.61. The van der Waals surface area contributed by atoms with Gasteiger partial charge in [-0.1, -0.05) is 0 Å². The summed E-state index contributed by atoms with van der Waals surface area (Å²) in [4.78, 5) is 21.5. The third kappa shape index (κ3) is 4.44. The van der Waals surface area contributed by atoms with Crippen molar-refractivity contribution in [1.82, 2.24) is 5.32 Å². The van der Waals surface area contributed by atoms with E-state index in [-0.39, 0.29) is 6.61 Å². The number of carbonyl (C=O) groups is 2. The van der Waals surface area contributed by atoms with Crippen LogP contribution in [0, 0.1) is 0 Å². The molecule has 0 saturated heterocycles. The van der Waals surface area contributed by atoms with Crippen molar-refractivity contribution in [3.8, 4) is 0 Å². The molecule has 0 radical (unpaired) electrons. The first-order valence-electron chi connectivity index (χ1n) is 3.76. The summed E-state index contributed by atoms with van der Waals surface area (Å²) < 4.78 is 4.61. The van der Waals surface area contributed by atoms with Gasteiger partial charge in [-0.2, -0.15) is 0 Å². The van der Waals surface area contributed by atoms with Crippen LogP contribution in [0.2, 0.25) is 0 Å². The van der Waals surface area contributed by atoms with Gasteiger partial charge in [0.25, 0.3) is 0 Å². The lowest BCUT2D eigenvalue weighted by molar-refractivity contribution is -0.143. The number of aliphatic carboxylic acids is 1. The monoisotopic (exact) mass is 190 g/mol. The smallest absolute Gasteiger partial charge is 0.328 e. The Morgan fingerprint density at radius 3 is 2.46 bits per heavy atom. The molecule has 0 aromatic heterocycles. The summed E-state index contributed by atoms with van der Waals surface area (Å²) in [5.41, 5.74) is 5.23. The van der Waals surface area contributed by atoms with Crippen molar-refractivity contribution in [2.45, 2.75) is 19.0 Å². The fraction of sp³-hybridized carbons (Fsp3) is 0.714. The molecule has 0 spiro atoms. The van der Waals surface area contributed by atoms with Gasteiger partial charge in [0.2, 0.25) is 5.91 Å². The van der Waals surface area contributed by atoms with Gasteiger partial charge in [0.05, 0.1) is 12.6 Å². The van der Waals surface area contributed by atoms with E-state index in [0.717, 1.165) is 0 Å². The molecule has 13 heavy (non-hydrogen) atoms. The van der Waals surface area contributed by atoms with Gasteiger partial charge in [-0.3, -0.25) is 4.79 Å². The highest BCUT2D eigenvalue weighted by atomic mass is 16.5. The van der Waals surface area contributed by atoms with E-state index < -0.39 is 24.0 Å². The molecule has 1 unspecified atom stereocenters. The molecule has 0 fully saturated rings. The van der Waals surface area contributed by atoms with Gasteiger partial charge in [-0.05, 0) is 6.92 Å². The van der Waals surface area contributed by atoms with Gasteiger partial charge in [0, 0.05) is 7.11 Å². The predicted octanol–water partition coefficient (Wildman–Crippen LogP) is -1.45. The second-order valence-corrected chi connectivity index (χ2v) is 2.64. The Morgan fingerprint density at radius 1 is 1.62 bits per heavy atom. The number of nitrogens with one attached hydrogen (secondary N) is 1. The Bertz CT molecular complexity index is 193. The summed E-state index contributed by atoms with van der Waals surface area (Å²) in [5, 5.41) is 10.8. The number of methoxy groups -OCH3 is 1. The molecule has 2 atom stereocenters. The SMILES string of the molecule is COCC(NC(=O)[C@@H](C)N)C(=O)O.